The van der Waals surface area contributed by atoms with E-state index in [4.69, 9.17) is 9.47 Å². The molecule has 0 amide bonds. The van der Waals surface area contributed by atoms with Crippen LogP contribution in [0.2, 0.25) is 0 Å². The molecule has 3 aromatic carbocycles. The topological polar surface area (TPSA) is 35.5 Å². The molecule has 4 rings (SSSR count). The third-order valence-corrected chi connectivity index (χ3v) is 4.23. The van der Waals surface area contributed by atoms with Crippen LogP contribution in [0, 0.1) is 0 Å². The summed E-state index contributed by atoms with van der Waals surface area (Å²) in [7, 11) is 0. The van der Waals surface area contributed by atoms with E-state index in [-0.39, 0.29) is 5.97 Å². The Labute approximate surface area is 158 Å². The third kappa shape index (κ3) is 4.15. The van der Waals surface area contributed by atoms with E-state index < -0.39 is 0 Å². The number of esters is 1. The third-order valence-electron chi connectivity index (χ3n) is 4.23. The number of cyclic esters (lactones) is 1. The zero-order chi connectivity index (χ0) is 18.5. The molecule has 3 heteroatoms. The summed E-state index contributed by atoms with van der Waals surface area (Å²) in [5, 5.41) is 0. The smallest absolute Gasteiger partial charge is 0.343 e. The predicted octanol–water partition coefficient (Wildman–Crippen LogP) is 5.25. The van der Waals surface area contributed by atoms with Crippen LogP contribution in [0.5, 0.6) is 5.75 Å². The second-order valence-electron chi connectivity index (χ2n) is 6.21. The molecule has 0 unspecified atom stereocenters. The maximum atomic E-state index is 12.1. The summed E-state index contributed by atoms with van der Waals surface area (Å²) in [4.78, 5) is 12.1. The molecule has 1 heterocycles. The maximum absolute atomic E-state index is 12.1. The van der Waals surface area contributed by atoms with Gasteiger partial charge in [-0.3, -0.25) is 0 Å². The second-order valence-corrected chi connectivity index (χ2v) is 6.21. The molecule has 0 fully saturated rings. The van der Waals surface area contributed by atoms with Gasteiger partial charge >= 0.3 is 5.97 Å². The summed E-state index contributed by atoms with van der Waals surface area (Å²) in [5.74, 6) is 1.03. The normalized spacial score (nSPS) is 14.7. The van der Waals surface area contributed by atoms with Crippen LogP contribution < -0.4 is 4.74 Å². The Hall–Kier alpha value is -3.59. The lowest BCUT2D eigenvalue weighted by molar-refractivity contribution is -0.130. The van der Waals surface area contributed by atoms with E-state index >= 15 is 0 Å². The van der Waals surface area contributed by atoms with Gasteiger partial charge in [0.1, 0.15) is 18.1 Å². The minimum Gasteiger partial charge on any atom is -0.489 e. The van der Waals surface area contributed by atoms with Crippen LogP contribution in [0.15, 0.2) is 96.6 Å². The lowest BCUT2D eigenvalue weighted by atomic mass is 10.1. The highest BCUT2D eigenvalue weighted by Crippen LogP contribution is 2.27. The van der Waals surface area contributed by atoms with Crippen molar-refractivity contribution >= 4 is 17.8 Å². The highest BCUT2D eigenvalue weighted by atomic mass is 16.5. The van der Waals surface area contributed by atoms with Crippen LogP contribution in [-0.4, -0.2) is 5.97 Å². The molecule has 3 aromatic rings. The average molecular weight is 354 g/mol. The largest absolute Gasteiger partial charge is 0.489 e. The van der Waals surface area contributed by atoms with Gasteiger partial charge in [-0.05, 0) is 35.4 Å². The standard InChI is InChI=1S/C24H18O3/c25-24-21(16-23(27-24)20-9-5-2-6-10-20)15-18-11-13-22(14-12-18)26-17-19-7-3-1-4-8-19/h1-16H,17H2/b21-15+. The second kappa shape index (κ2) is 7.75. The van der Waals surface area contributed by atoms with Gasteiger partial charge in [0.05, 0.1) is 5.57 Å². The molecule has 132 valence electrons. The van der Waals surface area contributed by atoms with E-state index in [1.54, 1.807) is 6.08 Å². The first-order chi connectivity index (χ1) is 13.3. The van der Waals surface area contributed by atoms with Crippen molar-refractivity contribution in [2.75, 3.05) is 0 Å². The van der Waals surface area contributed by atoms with Gasteiger partial charge in [0.2, 0.25) is 0 Å². The summed E-state index contributed by atoms with van der Waals surface area (Å²) in [6, 6.07) is 27.3. The fourth-order valence-corrected chi connectivity index (χ4v) is 2.81. The Bertz CT molecular complexity index is 985. The summed E-state index contributed by atoms with van der Waals surface area (Å²) < 4.78 is 11.2. The first kappa shape index (κ1) is 16.9. The highest BCUT2D eigenvalue weighted by Gasteiger charge is 2.21. The Morgan fingerprint density at radius 1 is 0.815 bits per heavy atom. The Balaban J connectivity index is 1.46. The Morgan fingerprint density at radius 3 is 2.19 bits per heavy atom. The van der Waals surface area contributed by atoms with Crippen molar-refractivity contribution in [2.24, 2.45) is 0 Å². The minimum absolute atomic E-state index is 0.335. The first-order valence-electron chi connectivity index (χ1n) is 8.76. The molecule has 0 spiro atoms. The predicted molar refractivity (Wildman–Crippen MR) is 106 cm³/mol. The SMILES string of the molecule is O=C1OC(c2ccccc2)=C/C1=C\c1ccc(OCc2ccccc2)cc1. The van der Waals surface area contributed by atoms with Gasteiger partial charge in [-0.2, -0.15) is 0 Å². The number of benzene rings is 3. The quantitative estimate of drug-likeness (QED) is 0.464. The summed E-state index contributed by atoms with van der Waals surface area (Å²) >= 11 is 0. The zero-order valence-corrected chi connectivity index (χ0v) is 14.7. The van der Waals surface area contributed by atoms with Crippen molar-refractivity contribution in [3.05, 3.63) is 113 Å². The lowest BCUT2D eigenvalue weighted by Gasteiger charge is -2.06. The molecule has 27 heavy (non-hydrogen) atoms. The fourth-order valence-electron chi connectivity index (χ4n) is 2.81. The first-order valence-corrected chi connectivity index (χ1v) is 8.76. The van der Waals surface area contributed by atoms with Crippen LogP contribution in [0.25, 0.3) is 11.8 Å². The molecule has 0 aliphatic carbocycles. The van der Waals surface area contributed by atoms with Crippen LogP contribution in [0.4, 0.5) is 0 Å². The summed E-state index contributed by atoms with van der Waals surface area (Å²) in [6.07, 6.45) is 3.59. The van der Waals surface area contributed by atoms with E-state index in [0.29, 0.717) is 17.9 Å². The summed E-state index contributed by atoms with van der Waals surface area (Å²) in [5.41, 5.74) is 3.46. The van der Waals surface area contributed by atoms with Crippen molar-refractivity contribution in [3.63, 3.8) is 0 Å². The van der Waals surface area contributed by atoms with Crippen molar-refractivity contribution in [2.45, 2.75) is 6.61 Å². The molecule has 1 aliphatic heterocycles. The number of hydrogen-bond acceptors (Lipinski definition) is 3. The lowest BCUT2D eigenvalue weighted by Crippen LogP contribution is -1.97. The zero-order valence-electron chi connectivity index (χ0n) is 14.7. The molecule has 3 nitrogen and oxygen atoms in total. The maximum Gasteiger partial charge on any atom is 0.343 e. The molecular weight excluding hydrogens is 336 g/mol. The number of carbonyl (C=O) groups is 1. The van der Waals surface area contributed by atoms with Crippen molar-refractivity contribution in [3.8, 4) is 5.75 Å². The molecule has 1 aliphatic rings. The van der Waals surface area contributed by atoms with Gasteiger partial charge in [-0.1, -0.05) is 72.8 Å². The molecule has 0 atom stereocenters. The fraction of sp³-hybridized carbons (Fsp3) is 0.0417. The van der Waals surface area contributed by atoms with E-state index in [1.165, 1.54) is 0 Å². The minimum atomic E-state index is -0.335. The monoisotopic (exact) mass is 354 g/mol. The van der Waals surface area contributed by atoms with E-state index in [9.17, 15) is 4.79 Å². The van der Waals surface area contributed by atoms with Crippen LogP contribution in [0.3, 0.4) is 0 Å². The molecule has 0 N–H and O–H groups in total. The molecule has 0 bridgehead atoms. The van der Waals surface area contributed by atoms with Gasteiger partial charge in [-0.25, -0.2) is 4.79 Å². The average Bonchev–Trinajstić information content (AvgIpc) is 3.09. The van der Waals surface area contributed by atoms with Gasteiger partial charge in [0.15, 0.2) is 0 Å². The molecule has 0 radical (unpaired) electrons. The number of rotatable bonds is 5. The highest BCUT2D eigenvalue weighted by molar-refractivity contribution is 6.05. The molecule has 0 saturated carbocycles. The van der Waals surface area contributed by atoms with Crippen molar-refractivity contribution < 1.29 is 14.3 Å². The Morgan fingerprint density at radius 2 is 1.48 bits per heavy atom. The molecular formula is C24H18O3. The van der Waals surface area contributed by atoms with Gasteiger partial charge in [0, 0.05) is 5.56 Å². The van der Waals surface area contributed by atoms with Crippen LogP contribution in [-0.2, 0) is 16.1 Å². The van der Waals surface area contributed by atoms with Crippen molar-refractivity contribution in [1.29, 1.82) is 0 Å². The molecule has 0 aromatic heterocycles. The van der Waals surface area contributed by atoms with Crippen molar-refractivity contribution in [1.82, 2.24) is 0 Å². The van der Waals surface area contributed by atoms with E-state index in [2.05, 4.69) is 0 Å². The van der Waals surface area contributed by atoms with Gasteiger partial charge < -0.3 is 9.47 Å². The van der Waals surface area contributed by atoms with Crippen LogP contribution >= 0.6 is 0 Å². The van der Waals surface area contributed by atoms with Crippen LogP contribution in [0.1, 0.15) is 16.7 Å². The van der Waals surface area contributed by atoms with E-state index in [0.717, 1.165) is 22.4 Å². The number of carbonyl (C=O) groups excluding carboxylic acids is 1. The summed E-state index contributed by atoms with van der Waals surface area (Å²) in [6.45, 7) is 0.525. The Kier molecular flexibility index (Phi) is 4.84. The van der Waals surface area contributed by atoms with Gasteiger partial charge in [0.25, 0.3) is 0 Å². The number of ether oxygens (including phenoxy) is 2. The number of hydrogen-bond donors (Lipinski definition) is 0. The van der Waals surface area contributed by atoms with Gasteiger partial charge in [-0.15, -0.1) is 0 Å². The molecule has 0 saturated heterocycles. The van der Waals surface area contributed by atoms with E-state index in [1.807, 2.05) is 91.0 Å².